The highest BCUT2D eigenvalue weighted by Crippen LogP contribution is 2.35. The predicted octanol–water partition coefficient (Wildman–Crippen LogP) is 1.44. The number of para-hydroxylation sites is 1. The minimum absolute atomic E-state index is 0.235. The quantitative estimate of drug-likeness (QED) is 0.729. The number of hydrogen-bond acceptors (Lipinski definition) is 2. The maximum atomic E-state index is 11.5. The van der Waals surface area contributed by atoms with Crippen LogP contribution in [0.4, 0.5) is 5.69 Å². The zero-order valence-corrected chi connectivity index (χ0v) is 8.23. The standard InChI is InChI=1S/C11H11NO3/c1-6-9(11(14)15)7-4-2-3-5-8(7)12-10(6)13/h2-6,9H,1H3,(H,12,13)(H,14,15). The van der Waals surface area contributed by atoms with Crippen molar-refractivity contribution in [3.05, 3.63) is 29.8 Å². The molecule has 0 fully saturated rings. The van der Waals surface area contributed by atoms with E-state index in [0.29, 0.717) is 11.3 Å². The Balaban J connectivity index is 2.54. The number of carboxylic acids is 1. The molecule has 2 unspecified atom stereocenters. The monoisotopic (exact) mass is 205 g/mol. The third kappa shape index (κ3) is 1.48. The van der Waals surface area contributed by atoms with Crippen LogP contribution in [-0.2, 0) is 9.59 Å². The van der Waals surface area contributed by atoms with E-state index in [4.69, 9.17) is 5.11 Å². The lowest BCUT2D eigenvalue weighted by atomic mass is 9.83. The number of fused-ring (bicyclic) bond motifs is 1. The fourth-order valence-electron chi connectivity index (χ4n) is 1.90. The second-order valence-corrected chi connectivity index (χ2v) is 3.68. The van der Waals surface area contributed by atoms with Crippen LogP contribution in [0, 0.1) is 5.92 Å². The SMILES string of the molecule is CC1C(=O)Nc2ccccc2C1C(=O)O. The largest absolute Gasteiger partial charge is 0.481 e. The summed E-state index contributed by atoms with van der Waals surface area (Å²) in [5, 5.41) is 11.8. The number of anilines is 1. The molecule has 2 rings (SSSR count). The summed E-state index contributed by atoms with van der Waals surface area (Å²) in [5.41, 5.74) is 1.28. The van der Waals surface area contributed by atoms with Gasteiger partial charge in [0, 0.05) is 5.69 Å². The summed E-state index contributed by atoms with van der Waals surface area (Å²) in [6, 6.07) is 7.01. The Morgan fingerprint density at radius 2 is 2.07 bits per heavy atom. The van der Waals surface area contributed by atoms with E-state index in [0.717, 1.165) is 0 Å². The van der Waals surface area contributed by atoms with E-state index < -0.39 is 17.8 Å². The minimum atomic E-state index is -0.954. The van der Waals surface area contributed by atoms with Gasteiger partial charge in [0.25, 0.3) is 0 Å². The topological polar surface area (TPSA) is 66.4 Å². The first kappa shape index (κ1) is 9.71. The summed E-state index contributed by atoms with van der Waals surface area (Å²) in [7, 11) is 0. The number of carboxylic acid groups (broad SMARTS) is 1. The van der Waals surface area contributed by atoms with Crippen molar-refractivity contribution < 1.29 is 14.7 Å². The van der Waals surface area contributed by atoms with Crippen LogP contribution >= 0.6 is 0 Å². The number of aliphatic carboxylic acids is 1. The van der Waals surface area contributed by atoms with Gasteiger partial charge in [-0.2, -0.15) is 0 Å². The number of nitrogens with one attached hydrogen (secondary N) is 1. The molecule has 4 heteroatoms. The highest BCUT2D eigenvalue weighted by atomic mass is 16.4. The van der Waals surface area contributed by atoms with Gasteiger partial charge in [0.2, 0.25) is 5.91 Å². The lowest BCUT2D eigenvalue weighted by Gasteiger charge is -2.27. The first-order chi connectivity index (χ1) is 7.11. The maximum Gasteiger partial charge on any atom is 0.311 e. The highest BCUT2D eigenvalue weighted by Gasteiger charge is 2.36. The smallest absolute Gasteiger partial charge is 0.311 e. The minimum Gasteiger partial charge on any atom is -0.481 e. The summed E-state index contributed by atoms with van der Waals surface area (Å²) >= 11 is 0. The van der Waals surface area contributed by atoms with E-state index >= 15 is 0 Å². The van der Waals surface area contributed by atoms with E-state index in [-0.39, 0.29) is 5.91 Å². The number of benzene rings is 1. The molecule has 2 N–H and O–H groups in total. The summed E-state index contributed by atoms with van der Waals surface area (Å²) in [6.07, 6.45) is 0. The molecule has 0 radical (unpaired) electrons. The first-order valence-electron chi connectivity index (χ1n) is 4.74. The van der Waals surface area contributed by atoms with Gasteiger partial charge in [-0.1, -0.05) is 25.1 Å². The van der Waals surface area contributed by atoms with Gasteiger partial charge in [0.05, 0.1) is 11.8 Å². The van der Waals surface area contributed by atoms with E-state index in [2.05, 4.69) is 5.32 Å². The fourth-order valence-corrected chi connectivity index (χ4v) is 1.90. The highest BCUT2D eigenvalue weighted by molar-refractivity contribution is 6.01. The van der Waals surface area contributed by atoms with Crippen LogP contribution in [0.15, 0.2) is 24.3 Å². The molecular formula is C11H11NO3. The molecule has 1 aromatic carbocycles. The molecule has 1 aromatic rings. The molecule has 15 heavy (non-hydrogen) atoms. The molecule has 0 saturated heterocycles. The van der Waals surface area contributed by atoms with Crippen molar-refractivity contribution in [2.24, 2.45) is 5.92 Å². The van der Waals surface area contributed by atoms with Crippen LogP contribution in [0.2, 0.25) is 0 Å². The van der Waals surface area contributed by atoms with E-state index in [1.165, 1.54) is 0 Å². The van der Waals surface area contributed by atoms with E-state index in [1.807, 2.05) is 0 Å². The Hall–Kier alpha value is -1.84. The van der Waals surface area contributed by atoms with Crippen LogP contribution in [0.1, 0.15) is 18.4 Å². The van der Waals surface area contributed by atoms with Crippen LogP contribution in [0.25, 0.3) is 0 Å². The number of amides is 1. The Morgan fingerprint density at radius 1 is 1.40 bits per heavy atom. The van der Waals surface area contributed by atoms with Crippen molar-refractivity contribution in [3.8, 4) is 0 Å². The molecule has 1 aliphatic rings. The zero-order chi connectivity index (χ0) is 11.0. The molecule has 0 bridgehead atoms. The van der Waals surface area contributed by atoms with Crippen molar-refractivity contribution >= 4 is 17.6 Å². The predicted molar refractivity (Wildman–Crippen MR) is 54.6 cm³/mol. The molecular weight excluding hydrogens is 194 g/mol. The summed E-state index contributed by atoms with van der Waals surface area (Å²) < 4.78 is 0. The van der Waals surface area contributed by atoms with E-state index in [9.17, 15) is 9.59 Å². The second kappa shape index (κ2) is 3.38. The van der Waals surface area contributed by atoms with Crippen LogP contribution in [0.5, 0.6) is 0 Å². The van der Waals surface area contributed by atoms with Crippen LogP contribution in [0.3, 0.4) is 0 Å². The molecule has 0 aliphatic carbocycles. The van der Waals surface area contributed by atoms with Gasteiger partial charge in [0.15, 0.2) is 0 Å². The van der Waals surface area contributed by atoms with Crippen LogP contribution < -0.4 is 5.32 Å². The van der Waals surface area contributed by atoms with Crippen molar-refractivity contribution in [3.63, 3.8) is 0 Å². The van der Waals surface area contributed by atoms with Gasteiger partial charge in [-0.15, -0.1) is 0 Å². The molecule has 1 aliphatic heterocycles. The van der Waals surface area contributed by atoms with Gasteiger partial charge in [-0.25, -0.2) is 0 Å². The Bertz CT molecular complexity index is 428. The molecule has 1 heterocycles. The zero-order valence-electron chi connectivity index (χ0n) is 8.23. The molecule has 78 valence electrons. The molecule has 2 atom stereocenters. The van der Waals surface area contributed by atoms with Gasteiger partial charge >= 0.3 is 5.97 Å². The molecule has 0 saturated carbocycles. The van der Waals surface area contributed by atoms with Crippen molar-refractivity contribution in [1.29, 1.82) is 0 Å². The lowest BCUT2D eigenvalue weighted by Crippen LogP contribution is -2.35. The van der Waals surface area contributed by atoms with Crippen LogP contribution in [-0.4, -0.2) is 17.0 Å². The average molecular weight is 205 g/mol. The number of rotatable bonds is 1. The van der Waals surface area contributed by atoms with Gasteiger partial charge < -0.3 is 10.4 Å². The van der Waals surface area contributed by atoms with Crippen molar-refractivity contribution in [1.82, 2.24) is 0 Å². The normalized spacial score (nSPS) is 24.2. The molecule has 0 spiro atoms. The summed E-state index contributed by atoms with van der Waals surface area (Å²) in [6.45, 7) is 1.63. The summed E-state index contributed by atoms with van der Waals surface area (Å²) in [5.74, 6) is -2.46. The third-order valence-corrected chi connectivity index (χ3v) is 2.73. The van der Waals surface area contributed by atoms with Gasteiger partial charge in [-0.3, -0.25) is 9.59 Å². The lowest BCUT2D eigenvalue weighted by molar-refractivity contribution is -0.142. The van der Waals surface area contributed by atoms with Crippen molar-refractivity contribution in [2.75, 3.05) is 5.32 Å². The molecule has 0 aromatic heterocycles. The average Bonchev–Trinajstić information content (AvgIpc) is 2.19. The second-order valence-electron chi connectivity index (χ2n) is 3.68. The van der Waals surface area contributed by atoms with E-state index in [1.54, 1.807) is 31.2 Å². The Labute approximate surface area is 86.9 Å². The molecule has 4 nitrogen and oxygen atoms in total. The Morgan fingerprint density at radius 3 is 2.73 bits per heavy atom. The van der Waals surface area contributed by atoms with Gasteiger partial charge in [0.1, 0.15) is 0 Å². The molecule has 1 amide bonds. The number of hydrogen-bond donors (Lipinski definition) is 2. The van der Waals surface area contributed by atoms with Crippen molar-refractivity contribution in [2.45, 2.75) is 12.8 Å². The maximum absolute atomic E-state index is 11.5. The van der Waals surface area contributed by atoms with Gasteiger partial charge in [-0.05, 0) is 11.6 Å². The summed E-state index contributed by atoms with van der Waals surface area (Å²) in [4.78, 5) is 22.6. The Kier molecular flexibility index (Phi) is 2.19. The fraction of sp³-hybridized carbons (Fsp3) is 0.273. The third-order valence-electron chi connectivity index (χ3n) is 2.73. The number of carbonyl (C=O) groups excluding carboxylic acids is 1. The number of carbonyl (C=O) groups is 2. The first-order valence-corrected chi connectivity index (χ1v) is 4.74.